The Morgan fingerprint density at radius 3 is 2.70 bits per heavy atom. The molecule has 1 aliphatic heterocycles. The second-order valence-electron chi connectivity index (χ2n) is 5.04. The van der Waals surface area contributed by atoms with E-state index in [4.69, 9.17) is 5.11 Å². The number of hydrogen-bond donors (Lipinski definition) is 1. The summed E-state index contributed by atoms with van der Waals surface area (Å²) in [4.78, 5) is 15.3. The van der Waals surface area contributed by atoms with Crippen molar-refractivity contribution >= 4 is 33.4 Å². The number of carboxylic acids is 1. The number of carboxylic acid groups (broad SMARTS) is 1. The van der Waals surface area contributed by atoms with E-state index in [-0.39, 0.29) is 0 Å². The topological polar surface area (TPSA) is 56.7 Å². The van der Waals surface area contributed by atoms with Crippen molar-refractivity contribution in [3.63, 3.8) is 0 Å². The van der Waals surface area contributed by atoms with Crippen LogP contribution >= 0.6 is 11.5 Å². The maximum absolute atomic E-state index is 11.0. The lowest BCUT2D eigenvalue weighted by Gasteiger charge is -2.37. The number of benzene rings is 1. The van der Waals surface area contributed by atoms with E-state index >= 15 is 0 Å². The number of aliphatic carboxylic acids is 1. The van der Waals surface area contributed by atoms with Crippen molar-refractivity contribution in [1.82, 2.24) is 9.27 Å². The number of aromatic nitrogens is 1. The molecule has 0 amide bonds. The SMILES string of the molecule is CC(C(=O)O)N1CCN(c2snc3ccccc23)CC1. The predicted molar refractivity (Wildman–Crippen MR) is 80.5 cm³/mol. The first-order valence-electron chi connectivity index (χ1n) is 6.73. The summed E-state index contributed by atoms with van der Waals surface area (Å²) in [6, 6.07) is 7.75. The third kappa shape index (κ3) is 2.36. The van der Waals surface area contributed by atoms with Crippen molar-refractivity contribution < 1.29 is 9.90 Å². The molecule has 1 aliphatic rings. The van der Waals surface area contributed by atoms with Gasteiger partial charge in [-0.15, -0.1) is 0 Å². The molecule has 0 radical (unpaired) electrons. The highest BCUT2D eigenvalue weighted by Gasteiger charge is 2.26. The van der Waals surface area contributed by atoms with E-state index in [0.29, 0.717) is 0 Å². The third-order valence-corrected chi connectivity index (χ3v) is 4.81. The molecule has 5 nitrogen and oxygen atoms in total. The zero-order chi connectivity index (χ0) is 14.1. The van der Waals surface area contributed by atoms with E-state index < -0.39 is 12.0 Å². The highest BCUT2D eigenvalue weighted by atomic mass is 32.1. The van der Waals surface area contributed by atoms with Crippen molar-refractivity contribution in [3.8, 4) is 0 Å². The lowest BCUT2D eigenvalue weighted by Crippen LogP contribution is -2.51. The molecule has 1 fully saturated rings. The van der Waals surface area contributed by atoms with Crippen LogP contribution in [0.5, 0.6) is 0 Å². The average molecular weight is 291 g/mol. The van der Waals surface area contributed by atoms with Crippen molar-refractivity contribution in [3.05, 3.63) is 24.3 Å². The summed E-state index contributed by atoms with van der Waals surface area (Å²) in [6.07, 6.45) is 0. The molecule has 1 unspecified atom stereocenters. The van der Waals surface area contributed by atoms with E-state index in [1.807, 2.05) is 23.1 Å². The Morgan fingerprint density at radius 1 is 1.30 bits per heavy atom. The van der Waals surface area contributed by atoms with Gasteiger partial charge in [0, 0.05) is 31.6 Å². The predicted octanol–water partition coefficient (Wildman–Crippen LogP) is 1.89. The standard InChI is InChI=1S/C14H17N3O2S/c1-10(14(18)19)16-6-8-17(9-7-16)13-11-4-2-3-5-12(11)15-20-13/h2-5,10H,6-9H2,1H3,(H,18,19). The van der Waals surface area contributed by atoms with Gasteiger partial charge in [0.1, 0.15) is 11.0 Å². The number of anilines is 1. The van der Waals surface area contributed by atoms with Gasteiger partial charge in [0.15, 0.2) is 0 Å². The van der Waals surface area contributed by atoms with Crippen LogP contribution in [0, 0.1) is 0 Å². The summed E-state index contributed by atoms with van der Waals surface area (Å²) in [7, 11) is 0. The fourth-order valence-corrected chi connectivity index (χ4v) is 3.49. The molecule has 106 valence electrons. The molecule has 1 aromatic carbocycles. The van der Waals surface area contributed by atoms with E-state index in [0.717, 1.165) is 31.7 Å². The molecule has 20 heavy (non-hydrogen) atoms. The van der Waals surface area contributed by atoms with Gasteiger partial charge in [-0.25, -0.2) is 0 Å². The van der Waals surface area contributed by atoms with Gasteiger partial charge in [0.25, 0.3) is 0 Å². The number of carbonyl (C=O) groups is 1. The molecule has 1 aromatic heterocycles. The Morgan fingerprint density at radius 2 is 2.00 bits per heavy atom. The van der Waals surface area contributed by atoms with Crippen LogP contribution < -0.4 is 4.90 Å². The van der Waals surface area contributed by atoms with Gasteiger partial charge in [-0.05, 0) is 30.6 Å². The van der Waals surface area contributed by atoms with E-state index in [9.17, 15) is 4.79 Å². The summed E-state index contributed by atoms with van der Waals surface area (Å²) < 4.78 is 4.47. The number of hydrogen-bond acceptors (Lipinski definition) is 5. The van der Waals surface area contributed by atoms with Gasteiger partial charge < -0.3 is 10.0 Å². The van der Waals surface area contributed by atoms with Crippen molar-refractivity contribution in [2.24, 2.45) is 0 Å². The molecule has 6 heteroatoms. The number of rotatable bonds is 3. The Hall–Kier alpha value is -1.66. The third-order valence-electron chi connectivity index (χ3n) is 3.87. The molecule has 0 saturated carbocycles. The summed E-state index contributed by atoms with van der Waals surface area (Å²) >= 11 is 1.53. The lowest BCUT2D eigenvalue weighted by atomic mass is 10.2. The number of nitrogens with zero attached hydrogens (tertiary/aromatic N) is 3. The summed E-state index contributed by atoms with van der Waals surface area (Å²) in [5.74, 6) is -0.748. The van der Waals surface area contributed by atoms with Crippen LogP contribution in [0.1, 0.15) is 6.92 Å². The molecule has 0 spiro atoms. The zero-order valence-corrected chi connectivity index (χ0v) is 12.1. The summed E-state index contributed by atoms with van der Waals surface area (Å²) in [5.41, 5.74) is 1.04. The van der Waals surface area contributed by atoms with Gasteiger partial charge in [-0.1, -0.05) is 12.1 Å². The van der Waals surface area contributed by atoms with Crippen LogP contribution in [0.2, 0.25) is 0 Å². The van der Waals surface area contributed by atoms with Gasteiger partial charge >= 0.3 is 5.97 Å². The molecule has 1 saturated heterocycles. The summed E-state index contributed by atoms with van der Waals surface area (Å²) in [6.45, 7) is 5.01. The average Bonchev–Trinajstić information content (AvgIpc) is 2.90. The molecular weight excluding hydrogens is 274 g/mol. The smallest absolute Gasteiger partial charge is 0.320 e. The van der Waals surface area contributed by atoms with E-state index in [1.165, 1.54) is 21.9 Å². The molecule has 2 heterocycles. The van der Waals surface area contributed by atoms with Crippen LogP contribution in [0.25, 0.3) is 10.9 Å². The fraction of sp³-hybridized carbons (Fsp3) is 0.429. The van der Waals surface area contributed by atoms with E-state index in [2.05, 4.69) is 15.3 Å². The lowest BCUT2D eigenvalue weighted by molar-refractivity contribution is -0.142. The second kappa shape index (κ2) is 5.38. The van der Waals surface area contributed by atoms with Crippen LogP contribution in [-0.4, -0.2) is 52.6 Å². The van der Waals surface area contributed by atoms with Crippen molar-refractivity contribution in [1.29, 1.82) is 0 Å². The minimum absolute atomic E-state index is 0.407. The molecule has 1 atom stereocenters. The molecule has 2 aromatic rings. The van der Waals surface area contributed by atoms with Crippen LogP contribution in [-0.2, 0) is 4.79 Å². The molecule has 1 N–H and O–H groups in total. The van der Waals surface area contributed by atoms with Gasteiger partial charge in [0.2, 0.25) is 0 Å². The Bertz CT molecular complexity index is 620. The Kier molecular flexibility index (Phi) is 3.58. The minimum atomic E-state index is -0.748. The van der Waals surface area contributed by atoms with Crippen molar-refractivity contribution in [2.45, 2.75) is 13.0 Å². The molecule has 3 rings (SSSR count). The van der Waals surface area contributed by atoms with E-state index in [1.54, 1.807) is 6.92 Å². The van der Waals surface area contributed by atoms with Crippen LogP contribution in [0.4, 0.5) is 5.00 Å². The normalized spacial score (nSPS) is 18.4. The maximum atomic E-state index is 11.0. The molecule has 0 aliphatic carbocycles. The van der Waals surface area contributed by atoms with Crippen molar-refractivity contribution in [2.75, 3.05) is 31.1 Å². The minimum Gasteiger partial charge on any atom is -0.480 e. The highest BCUT2D eigenvalue weighted by Crippen LogP contribution is 2.31. The van der Waals surface area contributed by atoms with Gasteiger partial charge in [-0.3, -0.25) is 9.69 Å². The molecular formula is C14H17N3O2S. The number of piperazine rings is 1. The van der Waals surface area contributed by atoms with Crippen LogP contribution in [0.15, 0.2) is 24.3 Å². The highest BCUT2D eigenvalue weighted by molar-refractivity contribution is 7.11. The monoisotopic (exact) mass is 291 g/mol. The second-order valence-corrected chi connectivity index (χ2v) is 5.79. The quantitative estimate of drug-likeness (QED) is 0.936. The number of fused-ring (bicyclic) bond motifs is 1. The first kappa shape index (κ1) is 13.3. The van der Waals surface area contributed by atoms with Gasteiger partial charge in [0.05, 0.1) is 5.52 Å². The Labute approximate surface area is 121 Å². The largest absolute Gasteiger partial charge is 0.480 e. The maximum Gasteiger partial charge on any atom is 0.320 e. The van der Waals surface area contributed by atoms with Crippen LogP contribution in [0.3, 0.4) is 0 Å². The zero-order valence-electron chi connectivity index (χ0n) is 11.3. The first-order chi connectivity index (χ1) is 9.66. The van der Waals surface area contributed by atoms with Gasteiger partial charge in [-0.2, -0.15) is 4.37 Å². The molecule has 0 bridgehead atoms. The summed E-state index contributed by atoms with van der Waals surface area (Å²) in [5, 5.41) is 11.5. The fourth-order valence-electron chi connectivity index (χ4n) is 2.57. The first-order valence-corrected chi connectivity index (χ1v) is 7.50. The Balaban J connectivity index is 1.74.